The average molecular weight is 317 g/mol. The number of rotatable bonds is 5. The number of carbonyl (C=O) groups excluding carboxylic acids is 2. The van der Waals surface area contributed by atoms with Gasteiger partial charge in [0.15, 0.2) is 0 Å². The van der Waals surface area contributed by atoms with Gasteiger partial charge in [-0.25, -0.2) is 0 Å². The van der Waals surface area contributed by atoms with Gasteiger partial charge in [-0.2, -0.15) is 0 Å². The lowest BCUT2D eigenvalue weighted by Crippen LogP contribution is -2.51. The highest BCUT2D eigenvalue weighted by Gasteiger charge is 2.23. The van der Waals surface area contributed by atoms with Crippen molar-refractivity contribution in [3.05, 3.63) is 29.8 Å². The third-order valence-corrected chi connectivity index (χ3v) is 4.19. The normalized spacial score (nSPS) is 15.7. The first-order valence-electron chi connectivity index (χ1n) is 8.39. The van der Waals surface area contributed by atoms with Crippen molar-refractivity contribution in [2.24, 2.45) is 5.92 Å². The van der Waals surface area contributed by atoms with Crippen molar-refractivity contribution in [1.82, 2.24) is 9.80 Å². The fraction of sp³-hybridized carbons (Fsp3) is 0.556. The SMILES string of the molecule is CCc1ccc(NC(=O)CN2CCN(C(=O)C(C)C)CC2)cc1. The number of piperazine rings is 1. The number of hydrogen-bond donors (Lipinski definition) is 1. The van der Waals surface area contributed by atoms with E-state index in [1.807, 2.05) is 43.0 Å². The summed E-state index contributed by atoms with van der Waals surface area (Å²) in [4.78, 5) is 28.1. The van der Waals surface area contributed by atoms with Crippen molar-refractivity contribution in [3.63, 3.8) is 0 Å². The monoisotopic (exact) mass is 317 g/mol. The van der Waals surface area contributed by atoms with Crippen LogP contribution in [-0.2, 0) is 16.0 Å². The molecule has 0 spiro atoms. The number of carbonyl (C=O) groups is 2. The van der Waals surface area contributed by atoms with E-state index in [0.29, 0.717) is 19.6 Å². The Morgan fingerprint density at radius 3 is 2.22 bits per heavy atom. The lowest BCUT2D eigenvalue weighted by molar-refractivity contribution is -0.136. The predicted molar refractivity (Wildman–Crippen MR) is 92.3 cm³/mol. The molecule has 23 heavy (non-hydrogen) atoms. The molecule has 1 aromatic rings. The van der Waals surface area contributed by atoms with Crippen molar-refractivity contribution < 1.29 is 9.59 Å². The van der Waals surface area contributed by atoms with E-state index in [4.69, 9.17) is 0 Å². The van der Waals surface area contributed by atoms with Crippen LogP contribution in [0.1, 0.15) is 26.3 Å². The Hall–Kier alpha value is -1.88. The van der Waals surface area contributed by atoms with E-state index in [2.05, 4.69) is 17.1 Å². The molecule has 0 aromatic heterocycles. The molecule has 5 heteroatoms. The summed E-state index contributed by atoms with van der Waals surface area (Å²) in [6.45, 7) is 9.24. The van der Waals surface area contributed by atoms with Crippen molar-refractivity contribution >= 4 is 17.5 Å². The molecule has 5 nitrogen and oxygen atoms in total. The summed E-state index contributed by atoms with van der Waals surface area (Å²) >= 11 is 0. The fourth-order valence-electron chi connectivity index (χ4n) is 2.72. The lowest BCUT2D eigenvalue weighted by atomic mass is 10.1. The summed E-state index contributed by atoms with van der Waals surface area (Å²) in [5.74, 6) is 0.235. The first kappa shape index (κ1) is 17.5. The molecule has 1 heterocycles. The maximum atomic E-state index is 12.1. The summed E-state index contributed by atoms with van der Waals surface area (Å²) in [6, 6.07) is 7.95. The number of amides is 2. The molecule has 0 bridgehead atoms. The molecule has 0 atom stereocenters. The van der Waals surface area contributed by atoms with Gasteiger partial charge < -0.3 is 10.2 Å². The maximum Gasteiger partial charge on any atom is 0.238 e. The van der Waals surface area contributed by atoms with E-state index < -0.39 is 0 Å². The number of benzene rings is 1. The molecule has 2 amide bonds. The van der Waals surface area contributed by atoms with Crippen LogP contribution >= 0.6 is 0 Å². The topological polar surface area (TPSA) is 52.7 Å². The van der Waals surface area contributed by atoms with Crippen LogP contribution in [0.3, 0.4) is 0 Å². The van der Waals surface area contributed by atoms with Gasteiger partial charge >= 0.3 is 0 Å². The third kappa shape index (κ3) is 5.06. The van der Waals surface area contributed by atoms with Crippen LogP contribution in [0.15, 0.2) is 24.3 Å². The minimum Gasteiger partial charge on any atom is -0.340 e. The third-order valence-electron chi connectivity index (χ3n) is 4.19. The Morgan fingerprint density at radius 2 is 1.70 bits per heavy atom. The van der Waals surface area contributed by atoms with Crippen LogP contribution in [0.4, 0.5) is 5.69 Å². The molecule has 1 fully saturated rings. The molecule has 1 N–H and O–H groups in total. The molecule has 0 unspecified atom stereocenters. The molecule has 1 aliphatic heterocycles. The zero-order valence-electron chi connectivity index (χ0n) is 14.3. The summed E-state index contributed by atoms with van der Waals surface area (Å²) in [5.41, 5.74) is 2.09. The van der Waals surface area contributed by atoms with E-state index in [9.17, 15) is 9.59 Å². The van der Waals surface area contributed by atoms with Gasteiger partial charge in [0.25, 0.3) is 0 Å². The second-order valence-corrected chi connectivity index (χ2v) is 6.35. The van der Waals surface area contributed by atoms with Gasteiger partial charge in [-0.15, -0.1) is 0 Å². The Labute approximate surface area is 138 Å². The molecule has 1 aromatic carbocycles. The van der Waals surface area contributed by atoms with Crippen LogP contribution in [0, 0.1) is 5.92 Å². The van der Waals surface area contributed by atoms with Gasteiger partial charge in [-0.05, 0) is 24.1 Å². The molecule has 126 valence electrons. The number of nitrogens with one attached hydrogen (secondary N) is 1. The Balaban J connectivity index is 1.77. The minimum absolute atomic E-state index is 0.00196. The lowest BCUT2D eigenvalue weighted by Gasteiger charge is -2.35. The van der Waals surface area contributed by atoms with Crippen LogP contribution in [0.5, 0.6) is 0 Å². The summed E-state index contributed by atoms with van der Waals surface area (Å²) in [6.07, 6.45) is 0.994. The number of nitrogens with zero attached hydrogens (tertiary/aromatic N) is 2. The van der Waals surface area contributed by atoms with Crippen LogP contribution < -0.4 is 5.32 Å². The van der Waals surface area contributed by atoms with E-state index in [1.165, 1.54) is 5.56 Å². The summed E-state index contributed by atoms with van der Waals surface area (Å²) < 4.78 is 0. The highest BCUT2D eigenvalue weighted by Crippen LogP contribution is 2.11. The van der Waals surface area contributed by atoms with Gasteiger partial charge in [-0.1, -0.05) is 32.9 Å². The molecule has 0 aliphatic carbocycles. The van der Waals surface area contributed by atoms with Crippen molar-refractivity contribution in [3.8, 4) is 0 Å². The van der Waals surface area contributed by atoms with Gasteiger partial charge in [0.05, 0.1) is 6.54 Å². The minimum atomic E-state index is -0.00196. The highest BCUT2D eigenvalue weighted by atomic mass is 16.2. The molecular weight excluding hydrogens is 290 g/mol. The molecular formula is C18H27N3O2. The Morgan fingerprint density at radius 1 is 1.09 bits per heavy atom. The van der Waals surface area contributed by atoms with Crippen LogP contribution in [0.2, 0.25) is 0 Å². The van der Waals surface area contributed by atoms with Crippen LogP contribution in [0.25, 0.3) is 0 Å². The fourth-order valence-corrected chi connectivity index (χ4v) is 2.72. The van der Waals surface area contributed by atoms with Crippen molar-refractivity contribution in [2.45, 2.75) is 27.2 Å². The molecule has 0 saturated carbocycles. The first-order chi connectivity index (χ1) is 11.0. The zero-order valence-corrected chi connectivity index (χ0v) is 14.3. The molecule has 0 radical (unpaired) electrons. The van der Waals surface area contributed by atoms with Crippen LogP contribution in [-0.4, -0.2) is 54.3 Å². The van der Waals surface area contributed by atoms with Crippen molar-refractivity contribution in [1.29, 1.82) is 0 Å². The largest absolute Gasteiger partial charge is 0.340 e. The predicted octanol–water partition coefficient (Wildman–Crippen LogP) is 1.99. The average Bonchev–Trinajstić information content (AvgIpc) is 2.55. The van der Waals surface area contributed by atoms with Gasteiger partial charge in [0.2, 0.25) is 11.8 Å². The zero-order chi connectivity index (χ0) is 16.8. The standard InChI is InChI=1S/C18H27N3O2/c1-4-15-5-7-16(8-6-15)19-17(22)13-20-9-11-21(12-10-20)18(23)14(2)3/h5-8,14H,4,9-13H2,1-3H3,(H,19,22). The van der Waals surface area contributed by atoms with Gasteiger partial charge in [0.1, 0.15) is 0 Å². The maximum absolute atomic E-state index is 12.1. The Bertz CT molecular complexity index is 532. The van der Waals surface area contributed by atoms with E-state index >= 15 is 0 Å². The van der Waals surface area contributed by atoms with Gasteiger partial charge in [0, 0.05) is 37.8 Å². The second-order valence-electron chi connectivity index (χ2n) is 6.35. The van der Waals surface area contributed by atoms with E-state index in [1.54, 1.807) is 0 Å². The number of anilines is 1. The van der Waals surface area contributed by atoms with Crippen molar-refractivity contribution in [2.75, 3.05) is 38.0 Å². The summed E-state index contributed by atoms with van der Waals surface area (Å²) in [7, 11) is 0. The second kappa shape index (κ2) is 8.11. The highest BCUT2D eigenvalue weighted by molar-refractivity contribution is 5.92. The summed E-state index contributed by atoms with van der Waals surface area (Å²) in [5, 5.41) is 2.93. The molecule has 2 rings (SSSR count). The molecule has 1 aliphatic rings. The molecule has 1 saturated heterocycles. The van der Waals surface area contributed by atoms with Gasteiger partial charge in [-0.3, -0.25) is 14.5 Å². The number of hydrogen-bond acceptors (Lipinski definition) is 3. The Kier molecular flexibility index (Phi) is 6.16. The van der Waals surface area contributed by atoms with E-state index in [0.717, 1.165) is 25.2 Å². The van der Waals surface area contributed by atoms with E-state index in [-0.39, 0.29) is 17.7 Å². The smallest absolute Gasteiger partial charge is 0.238 e. The quantitative estimate of drug-likeness (QED) is 0.903. The first-order valence-corrected chi connectivity index (χ1v) is 8.39. The number of aryl methyl sites for hydroxylation is 1.